The maximum atomic E-state index is 12.2. The fourth-order valence-electron chi connectivity index (χ4n) is 3.06. The number of rotatable bonds is 7. The molecule has 1 aromatic heterocycles. The number of primary amides is 1. The molecule has 128 valence electrons. The fourth-order valence-corrected chi connectivity index (χ4v) is 4.22. The molecule has 1 aliphatic rings. The fraction of sp³-hybridized carbons (Fsp3) is 0.647. The number of thiophene rings is 1. The molecular formula is C17H26N2O3S. The molecule has 0 saturated carbocycles. The van der Waals surface area contributed by atoms with E-state index in [1.54, 1.807) is 0 Å². The average molecular weight is 338 g/mol. The highest BCUT2D eigenvalue weighted by molar-refractivity contribution is 7.17. The number of nitrogens with one attached hydrogen (secondary N) is 1. The Kier molecular flexibility index (Phi) is 6.59. The molecule has 2 amide bonds. The van der Waals surface area contributed by atoms with Crippen LogP contribution < -0.4 is 11.1 Å². The highest BCUT2D eigenvalue weighted by Crippen LogP contribution is 2.33. The van der Waals surface area contributed by atoms with E-state index < -0.39 is 5.91 Å². The third-order valence-electron chi connectivity index (χ3n) is 4.42. The van der Waals surface area contributed by atoms with E-state index in [0.717, 1.165) is 55.8 Å². The Bertz CT molecular complexity index is 562. The molecule has 0 aliphatic carbocycles. The average Bonchev–Trinajstić information content (AvgIpc) is 2.84. The van der Waals surface area contributed by atoms with Gasteiger partial charge in [0.2, 0.25) is 5.91 Å². The van der Waals surface area contributed by atoms with E-state index in [-0.39, 0.29) is 5.91 Å². The van der Waals surface area contributed by atoms with Crippen LogP contribution in [0.5, 0.6) is 0 Å². The highest BCUT2D eigenvalue weighted by Gasteiger charge is 2.20. The summed E-state index contributed by atoms with van der Waals surface area (Å²) < 4.78 is 5.34. The smallest absolute Gasteiger partial charge is 0.251 e. The first-order valence-electron chi connectivity index (χ1n) is 8.32. The van der Waals surface area contributed by atoms with Gasteiger partial charge in [-0.1, -0.05) is 6.92 Å². The molecule has 2 rings (SSSR count). The Morgan fingerprint density at radius 3 is 2.65 bits per heavy atom. The second kappa shape index (κ2) is 8.45. The van der Waals surface area contributed by atoms with E-state index in [0.29, 0.717) is 22.9 Å². The van der Waals surface area contributed by atoms with Crippen molar-refractivity contribution in [2.75, 3.05) is 18.5 Å². The van der Waals surface area contributed by atoms with Gasteiger partial charge in [-0.05, 0) is 50.5 Å². The van der Waals surface area contributed by atoms with Gasteiger partial charge in [-0.15, -0.1) is 11.3 Å². The summed E-state index contributed by atoms with van der Waals surface area (Å²) in [5.41, 5.74) is 6.82. The molecule has 1 aliphatic heterocycles. The summed E-state index contributed by atoms with van der Waals surface area (Å²) >= 11 is 1.45. The van der Waals surface area contributed by atoms with Crippen LogP contribution in [0.25, 0.3) is 0 Å². The van der Waals surface area contributed by atoms with Crippen LogP contribution in [0.3, 0.4) is 0 Å². The molecule has 1 saturated heterocycles. The van der Waals surface area contributed by atoms with E-state index in [1.165, 1.54) is 11.3 Å². The van der Waals surface area contributed by atoms with Gasteiger partial charge >= 0.3 is 0 Å². The van der Waals surface area contributed by atoms with Gasteiger partial charge in [-0.2, -0.15) is 0 Å². The van der Waals surface area contributed by atoms with Crippen molar-refractivity contribution < 1.29 is 14.3 Å². The summed E-state index contributed by atoms with van der Waals surface area (Å²) in [6, 6.07) is 0. The van der Waals surface area contributed by atoms with E-state index in [2.05, 4.69) is 5.32 Å². The van der Waals surface area contributed by atoms with Crippen molar-refractivity contribution >= 4 is 28.2 Å². The molecule has 3 N–H and O–H groups in total. The van der Waals surface area contributed by atoms with Gasteiger partial charge in [-0.3, -0.25) is 9.59 Å². The Balaban J connectivity index is 1.88. The van der Waals surface area contributed by atoms with E-state index >= 15 is 0 Å². The summed E-state index contributed by atoms with van der Waals surface area (Å²) in [7, 11) is 0. The van der Waals surface area contributed by atoms with Crippen molar-refractivity contribution in [2.24, 2.45) is 11.7 Å². The maximum Gasteiger partial charge on any atom is 0.251 e. The van der Waals surface area contributed by atoms with Crippen LogP contribution in [0.1, 0.15) is 59.8 Å². The Labute approximate surface area is 141 Å². The van der Waals surface area contributed by atoms with Crippen molar-refractivity contribution in [3.63, 3.8) is 0 Å². The second-order valence-electron chi connectivity index (χ2n) is 6.07. The molecule has 0 unspecified atom stereocenters. The number of aryl methyl sites for hydroxylation is 1. The standard InChI is InChI=1S/C17H26N2O3S/c1-3-13-11(2)15(16(18)21)17(23-13)19-14(20)6-4-5-12-7-9-22-10-8-12/h12H,3-10H2,1-2H3,(H2,18,21)(H,19,20). The minimum absolute atomic E-state index is 0.0385. The molecule has 0 atom stereocenters. The summed E-state index contributed by atoms with van der Waals surface area (Å²) in [5, 5.41) is 3.48. The summed E-state index contributed by atoms with van der Waals surface area (Å²) in [4.78, 5) is 24.9. The summed E-state index contributed by atoms with van der Waals surface area (Å²) in [5.74, 6) is 0.160. The summed E-state index contributed by atoms with van der Waals surface area (Å²) in [6.07, 6.45) is 5.43. The highest BCUT2D eigenvalue weighted by atomic mass is 32.1. The van der Waals surface area contributed by atoms with Crippen molar-refractivity contribution in [1.29, 1.82) is 0 Å². The molecule has 23 heavy (non-hydrogen) atoms. The predicted molar refractivity (Wildman–Crippen MR) is 93.0 cm³/mol. The van der Waals surface area contributed by atoms with Crippen molar-refractivity contribution in [1.82, 2.24) is 0 Å². The Morgan fingerprint density at radius 2 is 2.04 bits per heavy atom. The molecule has 0 spiro atoms. The second-order valence-corrected chi connectivity index (χ2v) is 7.17. The molecule has 5 nitrogen and oxygen atoms in total. The van der Waals surface area contributed by atoms with Crippen LogP contribution in [-0.2, 0) is 16.0 Å². The summed E-state index contributed by atoms with van der Waals surface area (Å²) in [6.45, 7) is 5.60. The minimum Gasteiger partial charge on any atom is -0.381 e. The first-order valence-corrected chi connectivity index (χ1v) is 9.14. The molecule has 1 fully saturated rings. The third-order valence-corrected chi connectivity index (χ3v) is 5.77. The number of anilines is 1. The predicted octanol–water partition coefficient (Wildman–Crippen LogP) is 3.25. The molecule has 0 bridgehead atoms. The largest absolute Gasteiger partial charge is 0.381 e. The topological polar surface area (TPSA) is 81.4 Å². The Hall–Kier alpha value is -1.40. The third kappa shape index (κ3) is 4.78. The van der Waals surface area contributed by atoms with Gasteiger partial charge in [0.15, 0.2) is 0 Å². The lowest BCUT2D eigenvalue weighted by molar-refractivity contribution is -0.116. The number of hydrogen-bond donors (Lipinski definition) is 2. The molecule has 6 heteroatoms. The lowest BCUT2D eigenvalue weighted by atomic mass is 9.94. The quantitative estimate of drug-likeness (QED) is 0.800. The van der Waals surface area contributed by atoms with Gasteiger partial charge in [0.05, 0.1) is 5.56 Å². The number of amides is 2. The zero-order chi connectivity index (χ0) is 16.8. The van der Waals surface area contributed by atoms with Crippen molar-refractivity contribution in [3.05, 3.63) is 16.0 Å². The molecule has 2 heterocycles. The monoisotopic (exact) mass is 338 g/mol. The number of ether oxygens (including phenoxy) is 1. The molecule has 1 aromatic rings. The lowest BCUT2D eigenvalue weighted by Crippen LogP contribution is -2.18. The zero-order valence-corrected chi connectivity index (χ0v) is 14.8. The van der Waals surface area contributed by atoms with Crippen LogP contribution >= 0.6 is 11.3 Å². The normalized spacial score (nSPS) is 15.6. The van der Waals surface area contributed by atoms with Crippen LogP contribution in [-0.4, -0.2) is 25.0 Å². The molecule has 0 aromatic carbocycles. The number of nitrogens with two attached hydrogens (primary N) is 1. The zero-order valence-electron chi connectivity index (χ0n) is 13.9. The first-order chi connectivity index (χ1) is 11.0. The van der Waals surface area contributed by atoms with Gasteiger partial charge in [0.25, 0.3) is 5.91 Å². The van der Waals surface area contributed by atoms with Crippen LogP contribution in [0, 0.1) is 12.8 Å². The number of carbonyl (C=O) groups excluding carboxylic acids is 2. The maximum absolute atomic E-state index is 12.2. The van der Waals surface area contributed by atoms with Gasteiger partial charge in [0.1, 0.15) is 5.00 Å². The van der Waals surface area contributed by atoms with E-state index in [4.69, 9.17) is 10.5 Å². The molecule has 0 radical (unpaired) electrons. The van der Waals surface area contributed by atoms with Crippen molar-refractivity contribution in [2.45, 2.75) is 52.4 Å². The van der Waals surface area contributed by atoms with E-state index in [9.17, 15) is 9.59 Å². The van der Waals surface area contributed by atoms with Crippen molar-refractivity contribution in [3.8, 4) is 0 Å². The number of carbonyl (C=O) groups is 2. The SMILES string of the molecule is CCc1sc(NC(=O)CCCC2CCOCC2)c(C(N)=O)c1C. The van der Waals surface area contributed by atoms with Crippen LogP contribution in [0.2, 0.25) is 0 Å². The van der Waals surface area contributed by atoms with Gasteiger partial charge in [0, 0.05) is 24.5 Å². The van der Waals surface area contributed by atoms with Gasteiger partial charge < -0.3 is 15.8 Å². The van der Waals surface area contributed by atoms with Gasteiger partial charge in [-0.25, -0.2) is 0 Å². The number of hydrogen-bond acceptors (Lipinski definition) is 4. The minimum atomic E-state index is -0.476. The van der Waals surface area contributed by atoms with Crippen LogP contribution in [0.15, 0.2) is 0 Å². The van der Waals surface area contributed by atoms with Crippen LogP contribution in [0.4, 0.5) is 5.00 Å². The lowest BCUT2D eigenvalue weighted by Gasteiger charge is -2.21. The molecular weight excluding hydrogens is 312 g/mol. The first kappa shape index (κ1) is 17.9. The Morgan fingerprint density at radius 1 is 1.35 bits per heavy atom. The van der Waals surface area contributed by atoms with E-state index in [1.807, 2.05) is 13.8 Å².